The number of fused-ring (bicyclic) bond motifs is 1. The lowest BCUT2D eigenvalue weighted by atomic mass is 9.82. The standard InChI is InChI=1S/C20H26NO10P/c1-5-20(4)18-15(30-19(20)21-7-6-14(22)10-16(21)23)11-28-32(25,31-18)27-9-8-26-12-17(24)29-13(2)3/h1,6-7,13,15,18-19H,8-12H2,2-4H3/t15-,18-,19-,20-,32-/m1/s1. The van der Waals surface area contributed by atoms with Crippen molar-refractivity contribution in [3.63, 3.8) is 0 Å². The molecule has 0 spiro atoms. The first kappa shape index (κ1) is 24.6. The SMILES string of the molecule is C#C[C@]1(C)[C@@H]2O[P@](=O)(OCCOCC(=O)OC(C)C)OC[C@H]2O[C@H]1N1C=CC(=O)CC1=O. The van der Waals surface area contributed by atoms with Crippen LogP contribution in [0.4, 0.5) is 0 Å². The molecule has 0 radical (unpaired) electrons. The number of allylic oxidation sites excluding steroid dienone is 1. The van der Waals surface area contributed by atoms with Gasteiger partial charge in [0.25, 0.3) is 0 Å². The van der Waals surface area contributed by atoms with Crippen LogP contribution in [0.3, 0.4) is 0 Å². The molecule has 0 unspecified atom stereocenters. The molecule has 3 heterocycles. The fourth-order valence-corrected chi connectivity index (χ4v) is 4.99. The molecule has 32 heavy (non-hydrogen) atoms. The Bertz CT molecular complexity index is 880. The molecule has 0 aromatic carbocycles. The van der Waals surface area contributed by atoms with Gasteiger partial charge in [-0.05, 0) is 26.8 Å². The molecule has 0 bridgehead atoms. The van der Waals surface area contributed by atoms with E-state index in [1.807, 2.05) is 0 Å². The normalized spacial score (nSPS) is 34.5. The summed E-state index contributed by atoms with van der Waals surface area (Å²) in [7, 11) is -4.00. The van der Waals surface area contributed by atoms with Crippen molar-refractivity contribution in [1.82, 2.24) is 4.90 Å². The molecule has 0 aliphatic carbocycles. The van der Waals surface area contributed by atoms with Crippen LogP contribution in [0, 0.1) is 17.8 Å². The quantitative estimate of drug-likeness (QED) is 0.167. The number of carbonyl (C=O) groups is 3. The summed E-state index contributed by atoms with van der Waals surface area (Å²) in [6.45, 7) is 4.44. The minimum atomic E-state index is -4.00. The molecule has 3 aliphatic rings. The van der Waals surface area contributed by atoms with Crippen molar-refractivity contribution >= 4 is 25.5 Å². The summed E-state index contributed by atoms with van der Waals surface area (Å²) in [6.07, 6.45) is 5.27. The molecular weight excluding hydrogens is 445 g/mol. The first-order valence-electron chi connectivity index (χ1n) is 10.1. The van der Waals surface area contributed by atoms with Gasteiger partial charge in [-0.2, -0.15) is 0 Å². The van der Waals surface area contributed by atoms with Gasteiger partial charge in [-0.3, -0.25) is 28.1 Å². The molecule has 1 amide bonds. The molecule has 0 N–H and O–H groups in total. The van der Waals surface area contributed by atoms with E-state index in [4.69, 9.17) is 34.2 Å². The number of ketones is 1. The molecule has 12 heteroatoms. The second-order valence-electron chi connectivity index (χ2n) is 7.91. The maximum Gasteiger partial charge on any atom is 0.475 e. The smallest absolute Gasteiger partial charge is 0.461 e. The first-order valence-corrected chi connectivity index (χ1v) is 11.5. The molecule has 0 saturated carbocycles. The fraction of sp³-hybridized carbons (Fsp3) is 0.650. The lowest BCUT2D eigenvalue weighted by molar-refractivity contribution is -0.153. The van der Waals surface area contributed by atoms with Crippen molar-refractivity contribution in [2.45, 2.75) is 51.7 Å². The predicted molar refractivity (Wildman–Crippen MR) is 108 cm³/mol. The van der Waals surface area contributed by atoms with E-state index in [-0.39, 0.29) is 44.7 Å². The third-order valence-corrected chi connectivity index (χ3v) is 6.50. The molecule has 2 fully saturated rings. The second-order valence-corrected chi connectivity index (χ2v) is 9.53. The van der Waals surface area contributed by atoms with Crippen molar-refractivity contribution in [3.8, 4) is 12.3 Å². The van der Waals surface area contributed by atoms with E-state index in [2.05, 4.69) is 5.92 Å². The fourth-order valence-electron chi connectivity index (χ4n) is 3.53. The Kier molecular flexibility index (Phi) is 7.55. The average molecular weight is 471 g/mol. The molecule has 3 rings (SSSR count). The Morgan fingerprint density at radius 3 is 2.81 bits per heavy atom. The van der Waals surface area contributed by atoms with E-state index < -0.39 is 43.6 Å². The van der Waals surface area contributed by atoms with Crippen LogP contribution in [0.25, 0.3) is 0 Å². The number of ether oxygens (including phenoxy) is 3. The van der Waals surface area contributed by atoms with Gasteiger partial charge in [0.15, 0.2) is 12.0 Å². The largest absolute Gasteiger partial charge is 0.475 e. The highest BCUT2D eigenvalue weighted by atomic mass is 31.2. The Balaban J connectivity index is 1.59. The minimum absolute atomic E-state index is 0.0510. The zero-order chi connectivity index (χ0) is 23.5. The number of esters is 1. The summed E-state index contributed by atoms with van der Waals surface area (Å²) in [5.41, 5.74) is -1.19. The number of hydrogen-bond acceptors (Lipinski definition) is 10. The summed E-state index contributed by atoms with van der Waals surface area (Å²) in [5, 5.41) is 0. The van der Waals surface area contributed by atoms with Gasteiger partial charge in [0.05, 0.1) is 32.3 Å². The number of phosphoric acid groups is 1. The van der Waals surface area contributed by atoms with Gasteiger partial charge in [-0.15, -0.1) is 6.42 Å². The number of hydrogen-bond donors (Lipinski definition) is 0. The summed E-state index contributed by atoms with van der Waals surface area (Å²) >= 11 is 0. The van der Waals surface area contributed by atoms with Crippen LogP contribution in [0.2, 0.25) is 0 Å². The van der Waals surface area contributed by atoms with E-state index in [9.17, 15) is 18.9 Å². The van der Waals surface area contributed by atoms with Gasteiger partial charge < -0.3 is 14.2 Å². The van der Waals surface area contributed by atoms with Crippen LogP contribution in [0.15, 0.2) is 12.3 Å². The molecular formula is C20H26NO10P. The molecule has 2 saturated heterocycles. The second kappa shape index (κ2) is 9.83. The highest BCUT2D eigenvalue weighted by molar-refractivity contribution is 7.48. The third kappa shape index (κ3) is 5.29. The van der Waals surface area contributed by atoms with Crippen molar-refractivity contribution in [1.29, 1.82) is 0 Å². The van der Waals surface area contributed by atoms with Crippen molar-refractivity contribution in [2.24, 2.45) is 5.41 Å². The maximum absolute atomic E-state index is 12.9. The number of phosphoric ester groups is 1. The Labute approximate surface area is 185 Å². The van der Waals surface area contributed by atoms with Crippen LogP contribution < -0.4 is 0 Å². The van der Waals surface area contributed by atoms with E-state index >= 15 is 0 Å². The summed E-state index contributed by atoms with van der Waals surface area (Å²) in [4.78, 5) is 36.5. The van der Waals surface area contributed by atoms with Crippen molar-refractivity contribution in [3.05, 3.63) is 12.3 Å². The predicted octanol–water partition coefficient (Wildman–Crippen LogP) is 1.17. The molecule has 0 aromatic heterocycles. The van der Waals surface area contributed by atoms with E-state index in [1.165, 1.54) is 17.2 Å². The summed E-state index contributed by atoms with van der Waals surface area (Å²) in [6, 6.07) is 0. The average Bonchev–Trinajstić information content (AvgIpc) is 2.99. The lowest BCUT2D eigenvalue weighted by Gasteiger charge is -2.37. The molecule has 3 aliphatic heterocycles. The Morgan fingerprint density at radius 1 is 1.41 bits per heavy atom. The first-order chi connectivity index (χ1) is 15.1. The van der Waals surface area contributed by atoms with Crippen LogP contribution in [-0.2, 0) is 46.7 Å². The van der Waals surface area contributed by atoms with E-state index in [0.29, 0.717) is 0 Å². The van der Waals surface area contributed by atoms with Gasteiger partial charge in [-0.25, -0.2) is 9.36 Å². The Morgan fingerprint density at radius 2 is 2.16 bits per heavy atom. The van der Waals surface area contributed by atoms with Crippen molar-refractivity contribution < 1.29 is 46.7 Å². The number of carbonyl (C=O) groups excluding carboxylic acids is 3. The number of amides is 1. The zero-order valence-electron chi connectivity index (χ0n) is 18.1. The number of terminal acetylenes is 1. The van der Waals surface area contributed by atoms with Gasteiger partial charge in [0, 0.05) is 6.20 Å². The molecule has 176 valence electrons. The molecule has 11 nitrogen and oxygen atoms in total. The molecule has 5 atom stereocenters. The van der Waals surface area contributed by atoms with Crippen LogP contribution >= 0.6 is 7.82 Å². The Hall–Kier alpha value is -2.06. The van der Waals surface area contributed by atoms with Crippen LogP contribution in [0.1, 0.15) is 27.2 Å². The van der Waals surface area contributed by atoms with Gasteiger partial charge >= 0.3 is 13.8 Å². The minimum Gasteiger partial charge on any atom is -0.461 e. The monoisotopic (exact) mass is 471 g/mol. The maximum atomic E-state index is 12.9. The molecule has 0 aromatic rings. The van der Waals surface area contributed by atoms with E-state index in [0.717, 1.165) is 0 Å². The number of nitrogens with zero attached hydrogens (tertiary/aromatic N) is 1. The summed E-state index contributed by atoms with van der Waals surface area (Å²) < 4.78 is 45.1. The topological polar surface area (TPSA) is 127 Å². The lowest BCUT2D eigenvalue weighted by Crippen LogP contribution is -2.49. The van der Waals surface area contributed by atoms with Gasteiger partial charge in [0.1, 0.15) is 24.2 Å². The van der Waals surface area contributed by atoms with Gasteiger partial charge in [-0.1, -0.05) is 5.92 Å². The summed E-state index contributed by atoms with van der Waals surface area (Å²) in [5.74, 6) is 1.28. The van der Waals surface area contributed by atoms with Crippen molar-refractivity contribution in [2.75, 3.05) is 26.4 Å². The highest BCUT2D eigenvalue weighted by Crippen LogP contribution is 2.59. The highest BCUT2D eigenvalue weighted by Gasteiger charge is 2.61. The number of rotatable bonds is 8. The van der Waals surface area contributed by atoms with E-state index in [1.54, 1.807) is 20.8 Å². The zero-order valence-corrected chi connectivity index (χ0v) is 18.9. The van der Waals surface area contributed by atoms with Crippen LogP contribution in [-0.4, -0.2) is 73.5 Å². The van der Waals surface area contributed by atoms with Crippen LogP contribution in [0.5, 0.6) is 0 Å². The van der Waals surface area contributed by atoms with Gasteiger partial charge in [0.2, 0.25) is 5.91 Å². The third-order valence-electron chi connectivity index (χ3n) is 5.05.